The van der Waals surface area contributed by atoms with Gasteiger partial charge in [0.05, 0.1) is 12.5 Å². The highest BCUT2D eigenvalue weighted by Crippen LogP contribution is 2.16. The zero-order valence-corrected chi connectivity index (χ0v) is 10.8. The Kier molecular flexibility index (Phi) is 5.87. The van der Waals surface area contributed by atoms with E-state index in [1.54, 1.807) is 14.0 Å². The molecule has 0 spiro atoms. The van der Waals surface area contributed by atoms with Crippen molar-refractivity contribution in [2.75, 3.05) is 26.8 Å². The molecule has 1 aromatic carbocycles. The van der Waals surface area contributed by atoms with E-state index < -0.39 is 0 Å². The first-order valence-electron chi connectivity index (χ1n) is 5.92. The van der Waals surface area contributed by atoms with Gasteiger partial charge in [-0.1, -0.05) is 29.8 Å². The van der Waals surface area contributed by atoms with Crippen LogP contribution in [-0.2, 0) is 9.53 Å². The predicted molar refractivity (Wildman–Crippen MR) is 69.3 cm³/mol. The lowest BCUT2D eigenvalue weighted by atomic mass is 9.94. The second-order valence-electron chi connectivity index (χ2n) is 4.27. The number of benzene rings is 1. The van der Waals surface area contributed by atoms with Crippen LogP contribution in [0.1, 0.15) is 24.0 Å². The molecule has 17 heavy (non-hydrogen) atoms. The minimum Gasteiger partial charge on any atom is -0.383 e. The molecule has 3 heteroatoms. The van der Waals surface area contributed by atoms with Gasteiger partial charge < -0.3 is 10.1 Å². The molecule has 0 amide bonds. The second kappa shape index (κ2) is 7.20. The number of ketones is 1. The molecule has 94 valence electrons. The summed E-state index contributed by atoms with van der Waals surface area (Å²) in [6, 6.07) is 8.14. The van der Waals surface area contributed by atoms with Gasteiger partial charge in [-0.25, -0.2) is 0 Å². The highest BCUT2D eigenvalue weighted by atomic mass is 16.5. The summed E-state index contributed by atoms with van der Waals surface area (Å²) in [6.45, 7) is 5.79. The Morgan fingerprint density at radius 3 is 2.53 bits per heavy atom. The molecule has 3 nitrogen and oxygen atoms in total. The van der Waals surface area contributed by atoms with E-state index in [4.69, 9.17) is 4.74 Å². The second-order valence-corrected chi connectivity index (χ2v) is 4.27. The topological polar surface area (TPSA) is 38.3 Å². The molecule has 0 aliphatic carbocycles. The fourth-order valence-electron chi connectivity index (χ4n) is 1.72. The largest absolute Gasteiger partial charge is 0.383 e. The van der Waals surface area contributed by atoms with E-state index in [1.165, 1.54) is 5.56 Å². The van der Waals surface area contributed by atoms with E-state index in [0.717, 1.165) is 12.1 Å². The van der Waals surface area contributed by atoms with Crippen molar-refractivity contribution in [3.05, 3.63) is 35.4 Å². The molecule has 0 radical (unpaired) electrons. The Morgan fingerprint density at radius 1 is 1.35 bits per heavy atom. The summed E-state index contributed by atoms with van der Waals surface area (Å²) in [4.78, 5) is 11.6. The fourth-order valence-corrected chi connectivity index (χ4v) is 1.72. The molecule has 1 atom stereocenters. The average molecular weight is 235 g/mol. The Bertz CT molecular complexity index is 346. The lowest BCUT2D eigenvalue weighted by Crippen LogP contribution is -2.28. The molecule has 0 saturated heterocycles. The van der Waals surface area contributed by atoms with Gasteiger partial charge in [-0.2, -0.15) is 0 Å². The van der Waals surface area contributed by atoms with Gasteiger partial charge in [-0.3, -0.25) is 4.79 Å². The molecule has 0 aliphatic heterocycles. The smallest absolute Gasteiger partial charge is 0.138 e. The van der Waals surface area contributed by atoms with Crippen molar-refractivity contribution in [3.63, 3.8) is 0 Å². The van der Waals surface area contributed by atoms with E-state index in [2.05, 4.69) is 5.32 Å². The number of Topliss-reactive ketones (excluding diaryl/α,β-unsaturated/α-hetero) is 1. The lowest BCUT2D eigenvalue weighted by molar-refractivity contribution is -0.118. The summed E-state index contributed by atoms with van der Waals surface area (Å²) in [6.07, 6.45) is 0. The Balaban J connectivity index is 2.59. The molecule has 1 aromatic rings. The number of hydrogen-bond donors (Lipinski definition) is 1. The zero-order valence-electron chi connectivity index (χ0n) is 10.8. The van der Waals surface area contributed by atoms with Crippen molar-refractivity contribution in [1.29, 1.82) is 0 Å². The van der Waals surface area contributed by atoms with Gasteiger partial charge in [0.15, 0.2) is 0 Å². The van der Waals surface area contributed by atoms with Crippen molar-refractivity contribution < 1.29 is 9.53 Å². The highest BCUT2D eigenvalue weighted by Gasteiger charge is 2.15. The summed E-state index contributed by atoms with van der Waals surface area (Å²) in [5.41, 5.74) is 2.29. The summed E-state index contributed by atoms with van der Waals surface area (Å²) >= 11 is 0. The van der Waals surface area contributed by atoms with Gasteiger partial charge in [0, 0.05) is 20.2 Å². The van der Waals surface area contributed by atoms with Gasteiger partial charge in [0.2, 0.25) is 0 Å². The number of aryl methyl sites for hydroxylation is 1. The summed E-state index contributed by atoms with van der Waals surface area (Å²) < 4.78 is 4.96. The maximum Gasteiger partial charge on any atom is 0.138 e. The molecule has 0 heterocycles. The minimum absolute atomic E-state index is 0.0625. The van der Waals surface area contributed by atoms with Crippen LogP contribution in [0.25, 0.3) is 0 Å². The molecule has 0 aromatic heterocycles. The standard InChI is InChI=1S/C14H21NO2/c1-11-4-6-13(7-5-11)14(12(2)16)10-15-8-9-17-3/h4-7,14-15H,8-10H2,1-3H3/t14-/m0/s1. The molecule has 0 fully saturated rings. The van der Waals surface area contributed by atoms with E-state index in [0.29, 0.717) is 13.2 Å². The van der Waals surface area contributed by atoms with Crippen LogP contribution in [0.3, 0.4) is 0 Å². The van der Waals surface area contributed by atoms with Gasteiger partial charge in [0.25, 0.3) is 0 Å². The van der Waals surface area contributed by atoms with Crippen molar-refractivity contribution >= 4 is 5.78 Å². The molecular formula is C14H21NO2. The number of ether oxygens (including phenoxy) is 1. The summed E-state index contributed by atoms with van der Waals surface area (Å²) in [5.74, 6) is 0.131. The first-order valence-corrected chi connectivity index (χ1v) is 5.92. The number of carbonyl (C=O) groups is 1. The Hall–Kier alpha value is -1.19. The first-order chi connectivity index (χ1) is 8.15. The fraction of sp³-hybridized carbons (Fsp3) is 0.500. The molecule has 0 bridgehead atoms. The molecule has 1 N–H and O–H groups in total. The maximum atomic E-state index is 11.6. The third-order valence-electron chi connectivity index (χ3n) is 2.80. The Labute approximate surface area is 103 Å². The SMILES string of the molecule is COCCNC[C@@H](C(C)=O)c1ccc(C)cc1. The first kappa shape index (κ1) is 13.9. The summed E-state index contributed by atoms with van der Waals surface area (Å²) in [5, 5.41) is 3.24. The van der Waals surface area contributed by atoms with Crippen molar-refractivity contribution in [1.82, 2.24) is 5.32 Å². The third kappa shape index (κ3) is 4.67. The third-order valence-corrected chi connectivity index (χ3v) is 2.80. The quantitative estimate of drug-likeness (QED) is 0.734. The molecule has 1 rings (SSSR count). The number of carbonyl (C=O) groups excluding carboxylic acids is 1. The van der Waals surface area contributed by atoms with Crippen molar-refractivity contribution in [2.45, 2.75) is 19.8 Å². The predicted octanol–water partition coefficient (Wildman–Crippen LogP) is 1.90. The Morgan fingerprint density at radius 2 is 2.00 bits per heavy atom. The van der Waals surface area contributed by atoms with Crippen LogP contribution in [0, 0.1) is 6.92 Å². The molecule has 0 unspecified atom stereocenters. The lowest BCUT2D eigenvalue weighted by Gasteiger charge is -2.15. The van der Waals surface area contributed by atoms with E-state index >= 15 is 0 Å². The summed E-state index contributed by atoms with van der Waals surface area (Å²) in [7, 11) is 1.67. The van der Waals surface area contributed by atoms with Crippen LogP contribution >= 0.6 is 0 Å². The van der Waals surface area contributed by atoms with E-state index in [9.17, 15) is 4.79 Å². The van der Waals surface area contributed by atoms with E-state index in [-0.39, 0.29) is 11.7 Å². The van der Waals surface area contributed by atoms with Crippen LogP contribution in [-0.4, -0.2) is 32.6 Å². The van der Waals surface area contributed by atoms with Crippen molar-refractivity contribution in [3.8, 4) is 0 Å². The van der Waals surface area contributed by atoms with Crippen LogP contribution < -0.4 is 5.32 Å². The van der Waals surface area contributed by atoms with Gasteiger partial charge in [-0.15, -0.1) is 0 Å². The normalized spacial score (nSPS) is 12.4. The number of methoxy groups -OCH3 is 1. The maximum absolute atomic E-state index is 11.6. The number of hydrogen-bond acceptors (Lipinski definition) is 3. The van der Waals surface area contributed by atoms with Crippen LogP contribution in [0.4, 0.5) is 0 Å². The van der Waals surface area contributed by atoms with Crippen LogP contribution in [0.5, 0.6) is 0 Å². The molecular weight excluding hydrogens is 214 g/mol. The zero-order chi connectivity index (χ0) is 12.7. The van der Waals surface area contributed by atoms with E-state index in [1.807, 2.05) is 31.2 Å². The number of rotatable bonds is 7. The van der Waals surface area contributed by atoms with Crippen LogP contribution in [0.15, 0.2) is 24.3 Å². The van der Waals surface area contributed by atoms with Gasteiger partial charge in [-0.05, 0) is 19.4 Å². The highest BCUT2D eigenvalue weighted by molar-refractivity contribution is 5.83. The minimum atomic E-state index is -0.0625. The number of nitrogens with one attached hydrogen (secondary N) is 1. The van der Waals surface area contributed by atoms with Gasteiger partial charge in [0.1, 0.15) is 5.78 Å². The van der Waals surface area contributed by atoms with Gasteiger partial charge >= 0.3 is 0 Å². The average Bonchev–Trinajstić information content (AvgIpc) is 2.30. The monoisotopic (exact) mass is 235 g/mol. The van der Waals surface area contributed by atoms with Crippen LogP contribution in [0.2, 0.25) is 0 Å². The molecule has 0 aliphatic rings. The van der Waals surface area contributed by atoms with Crippen molar-refractivity contribution in [2.24, 2.45) is 0 Å². The molecule has 0 saturated carbocycles.